The molecule has 0 aromatic heterocycles. The SMILES string of the molecule is O=C1CCC(C(=O)N2CCC(NC(=O)C3CCCO3)CC2)=NN1. The van der Waals surface area contributed by atoms with Crippen molar-refractivity contribution in [3.8, 4) is 0 Å². The molecular weight excluding hydrogens is 300 g/mol. The monoisotopic (exact) mass is 322 g/mol. The molecule has 3 aliphatic heterocycles. The number of ether oxygens (including phenoxy) is 1. The van der Waals surface area contributed by atoms with Crippen LogP contribution in [0.2, 0.25) is 0 Å². The van der Waals surface area contributed by atoms with Crippen LogP contribution in [-0.2, 0) is 19.1 Å². The summed E-state index contributed by atoms with van der Waals surface area (Å²) in [5.74, 6) is -0.308. The Balaban J connectivity index is 1.45. The normalized spacial score (nSPS) is 25.7. The summed E-state index contributed by atoms with van der Waals surface area (Å²) in [5.41, 5.74) is 2.76. The molecule has 1 atom stereocenters. The summed E-state index contributed by atoms with van der Waals surface area (Å²) < 4.78 is 5.38. The quantitative estimate of drug-likeness (QED) is 0.734. The fourth-order valence-corrected chi connectivity index (χ4v) is 3.12. The van der Waals surface area contributed by atoms with Crippen LogP contribution < -0.4 is 10.7 Å². The van der Waals surface area contributed by atoms with Crippen molar-refractivity contribution < 1.29 is 19.1 Å². The van der Waals surface area contributed by atoms with Gasteiger partial charge in [0.1, 0.15) is 11.8 Å². The maximum atomic E-state index is 12.3. The van der Waals surface area contributed by atoms with Crippen molar-refractivity contribution in [2.75, 3.05) is 19.7 Å². The fraction of sp³-hybridized carbons (Fsp3) is 0.733. The summed E-state index contributed by atoms with van der Waals surface area (Å²) >= 11 is 0. The van der Waals surface area contributed by atoms with E-state index in [9.17, 15) is 14.4 Å². The zero-order valence-corrected chi connectivity index (χ0v) is 13.0. The van der Waals surface area contributed by atoms with Gasteiger partial charge in [-0.3, -0.25) is 14.4 Å². The number of piperidine rings is 1. The molecule has 2 N–H and O–H groups in total. The van der Waals surface area contributed by atoms with Crippen molar-refractivity contribution in [2.45, 2.75) is 50.7 Å². The van der Waals surface area contributed by atoms with Crippen LogP contribution in [0.25, 0.3) is 0 Å². The highest BCUT2D eigenvalue weighted by Crippen LogP contribution is 2.16. The molecule has 3 heterocycles. The summed E-state index contributed by atoms with van der Waals surface area (Å²) in [6.45, 7) is 1.83. The Kier molecular flexibility index (Phi) is 4.90. The third-order valence-electron chi connectivity index (χ3n) is 4.50. The van der Waals surface area contributed by atoms with Crippen LogP contribution >= 0.6 is 0 Å². The van der Waals surface area contributed by atoms with E-state index in [1.165, 1.54) is 0 Å². The van der Waals surface area contributed by atoms with Crippen LogP contribution in [0.1, 0.15) is 38.5 Å². The number of rotatable bonds is 3. The first-order chi connectivity index (χ1) is 11.1. The third-order valence-corrected chi connectivity index (χ3v) is 4.50. The Bertz CT molecular complexity index is 520. The van der Waals surface area contributed by atoms with E-state index in [0.29, 0.717) is 38.2 Å². The lowest BCUT2D eigenvalue weighted by Gasteiger charge is -2.33. The second-order valence-corrected chi connectivity index (χ2v) is 6.17. The summed E-state index contributed by atoms with van der Waals surface area (Å²) in [6, 6.07) is 0.0868. The number of hydrazone groups is 1. The van der Waals surface area contributed by atoms with Crippen molar-refractivity contribution >= 4 is 23.4 Å². The first-order valence-corrected chi connectivity index (χ1v) is 8.20. The van der Waals surface area contributed by atoms with E-state index in [1.54, 1.807) is 4.90 Å². The number of nitrogens with one attached hydrogen (secondary N) is 2. The van der Waals surface area contributed by atoms with E-state index >= 15 is 0 Å². The average molecular weight is 322 g/mol. The summed E-state index contributed by atoms with van der Waals surface area (Å²) in [4.78, 5) is 37.2. The number of amides is 3. The van der Waals surface area contributed by atoms with E-state index in [1.807, 2.05) is 0 Å². The molecule has 3 amide bonds. The maximum absolute atomic E-state index is 12.3. The van der Waals surface area contributed by atoms with Gasteiger partial charge in [-0.2, -0.15) is 5.10 Å². The molecule has 0 aromatic rings. The first kappa shape index (κ1) is 15.9. The van der Waals surface area contributed by atoms with Gasteiger partial charge in [0.2, 0.25) is 11.8 Å². The smallest absolute Gasteiger partial charge is 0.270 e. The minimum absolute atomic E-state index is 0.0355. The van der Waals surface area contributed by atoms with Gasteiger partial charge in [-0.15, -0.1) is 0 Å². The number of hydrogen-bond acceptors (Lipinski definition) is 5. The van der Waals surface area contributed by atoms with Crippen molar-refractivity contribution in [3.05, 3.63) is 0 Å². The Labute approximate surface area is 134 Å². The molecule has 2 fully saturated rings. The minimum atomic E-state index is -0.310. The molecule has 8 heteroatoms. The lowest BCUT2D eigenvalue weighted by atomic mass is 10.0. The van der Waals surface area contributed by atoms with Gasteiger partial charge in [0.25, 0.3) is 5.91 Å². The molecule has 0 saturated carbocycles. The second kappa shape index (κ2) is 7.08. The Morgan fingerprint density at radius 2 is 2.00 bits per heavy atom. The predicted octanol–water partition coefficient (Wildman–Crippen LogP) is -0.461. The minimum Gasteiger partial charge on any atom is -0.368 e. The molecule has 126 valence electrons. The van der Waals surface area contributed by atoms with Crippen LogP contribution in [0.15, 0.2) is 5.10 Å². The number of carbonyl (C=O) groups excluding carboxylic acids is 3. The van der Waals surface area contributed by atoms with Crippen LogP contribution in [0.5, 0.6) is 0 Å². The van der Waals surface area contributed by atoms with Crippen LogP contribution in [0, 0.1) is 0 Å². The second-order valence-electron chi connectivity index (χ2n) is 6.17. The molecule has 1 unspecified atom stereocenters. The molecule has 8 nitrogen and oxygen atoms in total. The molecule has 0 spiro atoms. The Morgan fingerprint density at radius 3 is 2.61 bits per heavy atom. The lowest BCUT2D eigenvalue weighted by molar-refractivity contribution is -0.131. The number of nitrogens with zero attached hydrogens (tertiary/aromatic N) is 2. The highest BCUT2D eigenvalue weighted by molar-refractivity contribution is 6.39. The van der Waals surface area contributed by atoms with Gasteiger partial charge in [0, 0.05) is 38.6 Å². The number of likely N-dealkylation sites (tertiary alicyclic amines) is 1. The molecule has 2 saturated heterocycles. The molecular formula is C15H22N4O4. The molecule has 0 bridgehead atoms. The first-order valence-electron chi connectivity index (χ1n) is 8.20. The van der Waals surface area contributed by atoms with Crippen molar-refractivity contribution in [2.24, 2.45) is 5.10 Å². The van der Waals surface area contributed by atoms with Gasteiger partial charge in [0.15, 0.2) is 0 Å². The molecule has 0 aromatic carbocycles. The standard InChI is InChI=1S/C15H22N4O4/c20-13-4-3-11(17-18-13)15(22)19-7-5-10(6-8-19)16-14(21)12-2-1-9-23-12/h10,12H,1-9H2,(H,16,21)(H,18,20). The molecule has 23 heavy (non-hydrogen) atoms. The maximum Gasteiger partial charge on any atom is 0.270 e. The Morgan fingerprint density at radius 1 is 1.22 bits per heavy atom. The summed E-state index contributed by atoms with van der Waals surface area (Å²) in [7, 11) is 0. The van der Waals surface area contributed by atoms with Crippen LogP contribution in [0.4, 0.5) is 0 Å². The van der Waals surface area contributed by atoms with Crippen molar-refractivity contribution in [1.29, 1.82) is 0 Å². The molecule has 3 aliphatic rings. The van der Waals surface area contributed by atoms with E-state index in [2.05, 4.69) is 15.8 Å². The fourth-order valence-electron chi connectivity index (χ4n) is 3.12. The summed E-state index contributed by atoms with van der Waals surface area (Å²) in [5, 5.41) is 6.86. The van der Waals surface area contributed by atoms with Gasteiger partial charge in [-0.25, -0.2) is 5.43 Å². The van der Waals surface area contributed by atoms with E-state index in [0.717, 1.165) is 25.7 Å². The van der Waals surface area contributed by atoms with Gasteiger partial charge in [0.05, 0.1) is 0 Å². The number of hydrogen-bond donors (Lipinski definition) is 2. The van der Waals surface area contributed by atoms with Crippen molar-refractivity contribution in [1.82, 2.24) is 15.6 Å². The van der Waals surface area contributed by atoms with Crippen LogP contribution in [-0.4, -0.2) is 60.2 Å². The van der Waals surface area contributed by atoms with Gasteiger partial charge >= 0.3 is 0 Å². The van der Waals surface area contributed by atoms with Crippen molar-refractivity contribution in [3.63, 3.8) is 0 Å². The van der Waals surface area contributed by atoms with Gasteiger partial charge in [-0.05, 0) is 25.7 Å². The molecule has 3 rings (SSSR count). The van der Waals surface area contributed by atoms with E-state index in [-0.39, 0.29) is 29.9 Å². The summed E-state index contributed by atoms with van der Waals surface area (Å²) in [6.07, 6.45) is 3.56. The average Bonchev–Trinajstić information content (AvgIpc) is 3.10. The highest BCUT2D eigenvalue weighted by Gasteiger charge is 2.30. The molecule has 0 aliphatic carbocycles. The number of carbonyl (C=O) groups is 3. The van der Waals surface area contributed by atoms with Crippen LogP contribution in [0.3, 0.4) is 0 Å². The molecule has 0 radical (unpaired) electrons. The van der Waals surface area contributed by atoms with Gasteiger partial charge < -0.3 is 15.0 Å². The highest BCUT2D eigenvalue weighted by atomic mass is 16.5. The lowest BCUT2D eigenvalue weighted by Crippen LogP contribution is -2.50. The zero-order valence-electron chi connectivity index (χ0n) is 13.0. The van der Waals surface area contributed by atoms with E-state index in [4.69, 9.17) is 4.74 Å². The topological polar surface area (TPSA) is 100 Å². The Hall–Kier alpha value is -1.96. The predicted molar refractivity (Wildman–Crippen MR) is 81.5 cm³/mol. The van der Waals surface area contributed by atoms with E-state index < -0.39 is 0 Å². The largest absolute Gasteiger partial charge is 0.368 e. The zero-order chi connectivity index (χ0) is 16.2. The van der Waals surface area contributed by atoms with Gasteiger partial charge in [-0.1, -0.05) is 0 Å². The third kappa shape index (κ3) is 3.87.